The summed E-state index contributed by atoms with van der Waals surface area (Å²) < 4.78 is 6.36. The molecule has 0 spiro atoms. The highest BCUT2D eigenvalue weighted by Crippen LogP contribution is 2.21. The van der Waals surface area contributed by atoms with Gasteiger partial charge in [0.2, 0.25) is 5.91 Å². The summed E-state index contributed by atoms with van der Waals surface area (Å²) in [6.45, 7) is 2.87. The number of aromatic nitrogens is 2. The molecular formula is C25H27N5O4. The van der Waals surface area contributed by atoms with E-state index >= 15 is 0 Å². The average molecular weight is 462 g/mol. The Labute approximate surface area is 197 Å². The molecule has 0 unspecified atom stereocenters. The summed E-state index contributed by atoms with van der Waals surface area (Å²) in [6, 6.07) is 17.1. The van der Waals surface area contributed by atoms with Crippen molar-refractivity contribution in [3.05, 3.63) is 76.6 Å². The van der Waals surface area contributed by atoms with Crippen molar-refractivity contribution in [3.63, 3.8) is 0 Å². The first kappa shape index (κ1) is 23.2. The fraction of sp³-hybridized carbons (Fsp3) is 0.280. The average Bonchev–Trinajstić information content (AvgIpc) is 2.86. The Kier molecular flexibility index (Phi) is 7.03. The van der Waals surface area contributed by atoms with E-state index in [0.29, 0.717) is 35.8 Å². The number of likely N-dealkylation sites (N-methyl/N-ethyl adjacent to an activating group) is 1. The summed E-state index contributed by atoms with van der Waals surface area (Å²) in [5, 5.41) is 7.08. The molecule has 9 nitrogen and oxygen atoms in total. The van der Waals surface area contributed by atoms with E-state index in [9.17, 15) is 14.4 Å². The summed E-state index contributed by atoms with van der Waals surface area (Å²) in [7, 11) is 3.62. The second-order valence-electron chi connectivity index (χ2n) is 8.17. The number of hydrogen-bond acceptors (Lipinski definition) is 6. The van der Waals surface area contributed by atoms with Gasteiger partial charge in [-0.3, -0.25) is 14.4 Å². The molecule has 0 saturated carbocycles. The lowest BCUT2D eigenvalue weighted by molar-refractivity contribution is -0.117. The topological polar surface area (TPSA) is 96.8 Å². The first-order valence-corrected chi connectivity index (χ1v) is 11.0. The second-order valence-corrected chi connectivity index (χ2v) is 8.17. The quantitative estimate of drug-likeness (QED) is 0.603. The van der Waals surface area contributed by atoms with Crippen LogP contribution in [0.25, 0.3) is 11.3 Å². The molecule has 4 rings (SSSR count). The van der Waals surface area contributed by atoms with Crippen molar-refractivity contribution in [2.75, 3.05) is 45.7 Å². The van der Waals surface area contributed by atoms with Crippen molar-refractivity contribution in [2.24, 2.45) is 0 Å². The fourth-order valence-corrected chi connectivity index (χ4v) is 3.72. The van der Waals surface area contributed by atoms with Gasteiger partial charge < -0.3 is 19.9 Å². The number of piperazine rings is 1. The molecule has 0 aliphatic carbocycles. The van der Waals surface area contributed by atoms with Gasteiger partial charge >= 0.3 is 0 Å². The largest absolute Gasteiger partial charge is 0.497 e. The molecule has 1 aromatic heterocycles. The molecule has 0 radical (unpaired) electrons. The van der Waals surface area contributed by atoms with Crippen LogP contribution in [0.4, 0.5) is 5.69 Å². The van der Waals surface area contributed by atoms with Gasteiger partial charge in [0.25, 0.3) is 11.5 Å². The molecule has 2 amide bonds. The number of nitrogens with zero attached hydrogens (tertiary/aromatic N) is 4. The number of benzene rings is 2. The summed E-state index contributed by atoms with van der Waals surface area (Å²) in [4.78, 5) is 41.5. The molecule has 3 aromatic rings. The molecule has 0 bridgehead atoms. The Morgan fingerprint density at radius 3 is 2.44 bits per heavy atom. The van der Waals surface area contributed by atoms with Crippen LogP contribution in [0.15, 0.2) is 65.5 Å². The number of nitrogens with one attached hydrogen (secondary N) is 1. The van der Waals surface area contributed by atoms with Gasteiger partial charge in [0, 0.05) is 49.1 Å². The van der Waals surface area contributed by atoms with Crippen molar-refractivity contribution in [1.82, 2.24) is 19.6 Å². The van der Waals surface area contributed by atoms with E-state index in [1.807, 2.05) is 36.2 Å². The van der Waals surface area contributed by atoms with Gasteiger partial charge in [-0.25, -0.2) is 4.68 Å². The third-order valence-electron chi connectivity index (χ3n) is 5.73. The van der Waals surface area contributed by atoms with Gasteiger partial charge in [-0.2, -0.15) is 5.10 Å². The third-order valence-corrected chi connectivity index (χ3v) is 5.73. The number of carbonyl (C=O) groups excluding carboxylic acids is 2. The summed E-state index contributed by atoms with van der Waals surface area (Å²) in [5.74, 6) is 0.260. The Hall–Kier alpha value is -3.98. The van der Waals surface area contributed by atoms with Crippen LogP contribution in [0.1, 0.15) is 10.4 Å². The highest BCUT2D eigenvalue weighted by atomic mass is 16.5. The minimum Gasteiger partial charge on any atom is -0.497 e. The minimum absolute atomic E-state index is 0.0175. The van der Waals surface area contributed by atoms with E-state index in [1.54, 1.807) is 37.4 Å². The van der Waals surface area contributed by atoms with Crippen LogP contribution >= 0.6 is 0 Å². The Balaban J connectivity index is 1.40. The molecule has 1 saturated heterocycles. The van der Waals surface area contributed by atoms with Gasteiger partial charge in [0.15, 0.2) is 0 Å². The number of anilines is 1. The number of ether oxygens (including phenoxy) is 1. The molecule has 1 aliphatic heterocycles. The molecular weight excluding hydrogens is 434 g/mol. The highest BCUT2D eigenvalue weighted by Gasteiger charge is 2.20. The van der Waals surface area contributed by atoms with Crippen LogP contribution in [0, 0.1) is 0 Å². The van der Waals surface area contributed by atoms with Crippen molar-refractivity contribution >= 4 is 17.5 Å². The zero-order valence-corrected chi connectivity index (χ0v) is 19.2. The van der Waals surface area contributed by atoms with Crippen LogP contribution in [0.3, 0.4) is 0 Å². The predicted octanol–water partition coefficient (Wildman–Crippen LogP) is 1.95. The summed E-state index contributed by atoms with van der Waals surface area (Å²) >= 11 is 0. The molecule has 1 aliphatic rings. The zero-order valence-electron chi connectivity index (χ0n) is 19.2. The maximum atomic E-state index is 12.7. The number of rotatable bonds is 6. The van der Waals surface area contributed by atoms with Gasteiger partial charge in [0.05, 0.1) is 12.8 Å². The number of hydrogen-bond donors (Lipinski definition) is 1. The van der Waals surface area contributed by atoms with E-state index in [1.165, 1.54) is 6.07 Å². The van der Waals surface area contributed by atoms with Crippen molar-refractivity contribution in [3.8, 4) is 17.0 Å². The normalized spacial score (nSPS) is 14.0. The zero-order chi connectivity index (χ0) is 24.1. The lowest BCUT2D eigenvalue weighted by atomic mass is 10.1. The van der Waals surface area contributed by atoms with Crippen molar-refractivity contribution < 1.29 is 14.3 Å². The van der Waals surface area contributed by atoms with Crippen molar-refractivity contribution in [1.29, 1.82) is 0 Å². The van der Waals surface area contributed by atoms with E-state index < -0.39 is 5.91 Å². The molecule has 9 heteroatoms. The molecule has 2 heterocycles. The van der Waals surface area contributed by atoms with Crippen LogP contribution in [-0.4, -0.2) is 71.7 Å². The number of amides is 2. The van der Waals surface area contributed by atoms with E-state index in [4.69, 9.17) is 4.74 Å². The smallest absolute Gasteiger partial charge is 0.267 e. The molecule has 1 N–H and O–H groups in total. The minimum atomic E-state index is -0.393. The molecule has 1 fully saturated rings. The third kappa shape index (κ3) is 5.49. The number of methoxy groups -OCH3 is 1. The Morgan fingerprint density at radius 2 is 1.74 bits per heavy atom. The molecule has 0 atom stereocenters. The van der Waals surface area contributed by atoms with E-state index in [-0.39, 0.29) is 18.0 Å². The van der Waals surface area contributed by atoms with E-state index in [0.717, 1.165) is 23.3 Å². The first-order chi connectivity index (χ1) is 16.4. The monoisotopic (exact) mass is 461 g/mol. The lowest BCUT2D eigenvalue weighted by Crippen LogP contribution is -2.47. The van der Waals surface area contributed by atoms with Gasteiger partial charge in [0.1, 0.15) is 12.3 Å². The van der Waals surface area contributed by atoms with Gasteiger partial charge in [-0.1, -0.05) is 12.1 Å². The first-order valence-electron chi connectivity index (χ1n) is 11.0. The van der Waals surface area contributed by atoms with Crippen LogP contribution in [0.2, 0.25) is 0 Å². The molecule has 34 heavy (non-hydrogen) atoms. The van der Waals surface area contributed by atoms with Gasteiger partial charge in [-0.15, -0.1) is 0 Å². The standard InChI is InChI=1S/C25H27N5O4/c1-28-12-14-29(15-13-28)25(33)18-6-8-20(9-7-18)26-23(31)17-30-24(32)11-10-22(27-30)19-4-3-5-21(16-19)34-2/h3-11,16H,12-15,17H2,1-2H3,(H,26,31). The SMILES string of the molecule is COc1cccc(-c2ccc(=O)n(CC(=O)Nc3ccc(C(=O)N4CCN(C)CC4)cc3)n2)c1. The molecule has 2 aromatic carbocycles. The van der Waals surface area contributed by atoms with E-state index in [2.05, 4.69) is 15.3 Å². The number of carbonyl (C=O) groups is 2. The van der Waals surface area contributed by atoms with Gasteiger partial charge in [-0.05, 0) is 49.5 Å². The maximum absolute atomic E-state index is 12.7. The van der Waals surface area contributed by atoms with Crippen LogP contribution in [-0.2, 0) is 11.3 Å². The second kappa shape index (κ2) is 10.3. The lowest BCUT2D eigenvalue weighted by Gasteiger charge is -2.32. The predicted molar refractivity (Wildman–Crippen MR) is 129 cm³/mol. The summed E-state index contributed by atoms with van der Waals surface area (Å²) in [5.41, 5.74) is 2.06. The summed E-state index contributed by atoms with van der Waals surface area (Å²) in [6.07, 6.45) is 0. The van der Waals surface area contributed by atoms with Crippen LogP contribution < -0.4 is 15.6 Å². The van der Waals surface area contributed by atoms with Crippen molar-refractivity contribution in [2.45, 2.75) is 6.54 Å². The molecule has 176 valence electrons. The Bertz CT molecular complexity index is 1230. The maximum Gasteiger partial charge on any atom is 0.267 e. The fourth-order valence-electron chi connectivity index (χ4n) is 3.72. The Morgan fingerprint density at radius 1 is 1.00 bits per heavy atom. The highest BCUT2D eigenvalue weighted by molar-refractivity contribution is 5.95. The van der Waals surface area contributed by atoms with Crippen LogP contribution in [0.5, 0.6) is 5.75 Å².